The maximum atomic E-state index is 12.8. The largest absolute Gasteiger partial charge is 0.446 e. The normalized spacial score (nSPS) is 16.6. The zero-order valence-corrected chi connectivity index (χ0v) is 18.9. The van der Waals surface area contributed by atoms with E-state index in [9.17, 15) is 9.59 Å². The quantitative estimate of drug-likeness (QED) is 0.708. The Morgan fingerprint density at radius 1 is 1.38 bits per heavy atom. The molecule has 2 N–H and O–H groups in total. The SMILES string of the molecule is CC(=O)N1c2ccc(C(C=NCc3noc(C)n3)=CN)cc2N(C(=O)OC(C)C)C[C@@H]1C. The molecule has 0 saturated heterocycles. The zero-order valence-electron chi connectivity index (χ0n) is 18.9. The van der Waals surface area contributed by atoms with Crippen molar-refractivity contribution in [3.8, 4) is 0 Å². The van der Waals surface area contributed by atoms with Gasteiger partial charge in [-0.2, -0.15) is 4.98 Å². The molecular weight excluding hydrogens is 412 g/mol. The van der Waals surface area contributed by atoms with Crippen molar-refractivity contribution in [2.75, 3.05) is 16.3 Å². The summed E-state index contributed by atoms with van der Waals surface area (Å²) in [6, 6.07) is 5.25. The van der Waals surface area contributed by atoms with E-state index in [-0.39, 0.29) is 24.6 Å². The number of anilines is 2. The number of carbonyl (C=O) groups is 2. The molecular formula is C22H28N6O4. The molecule has 2 heterocycles. The van der Waals surface area contributed by atoms with Crippen molar-refractivity contribution in [3.63, 3.8) is 0 Å². The molecule has 1 aromatic carbocycles. The molecule has 10 heteroatoms. The lowest BCUT2D eigenvalue weighted by Gasteiger charge is -2.40. The van der Waals surface area contributed by atoms with Gasteiger partial charge in [0.2, 0.25) is 11.8 Å². The van der Waals surface area contributed by atoms with Crippen molar-refractivity contribution in [2.45, 2.75) is 53.3 Å². The Labute approximate surface area is 186 Å². The Morgan fingerprint density at radius 2 is 2.12 bits per heavy atom. The van der Waals surface area contributed by atoms with E-state index in [1.807, 2.05) is 19.1 Å². The number of nitrogens with two attached hydrogens (primary N) is 1. The average molecular weight is 441 g/mol. The fourth-order valence-corrected chi connectivity index (χ4v) is 3.57. The molecule has 0 bridgehead atoms. The molecule has 2 aromatic rings. The molecule has 0 radical (unpaired) electrons. The summed E-state index contributed by atoms with van der Waals surface area (Å²) in [5, 5.41) is 3.81. The van der Waals surface area contributed by atoms with Crippen molar-refractivity contribution in [1.82, 2.24) is 10.1 Å². The number of aromatic nitrogens is 2. The van der Waals surface area contributed by atoms with Gasteiger partial charge in [0.05, 0.1) is 23.5 Å². The van der Waals surface area contributed by atoms with Crippen molar-refractivity contribution >= 4 is 35.2 Å². The lowest BCUT2D eigenvalue weighted by Crippen LogP contribution is -2.51. The smallest absolute Gasteiger partial charge is 0.414 e. The second-order valence-corrected chi connectivity index (χ2v) is 7.81. The van der Waals surface area contributed by atoms with Gasteiger partial charge in [-0.05, 0) is 38.5 Å². The predicted molar refractivity (Wildman–Crippen MR) is 121 cm³/mol. The van der Waals surface area contributed by atoms with Gasteiger partial charge in [-0.1, -0.05) is 11.2 Å². The highest BCUT2D eigenvalue weighted by atomic mass is 16.6. The monoisotopic (exact) mass is 440 g/mol. The number of carbonyl (C=O) groups excluding carboxylic acids is 2. The minimum Gasteiger partial charge on any atom is -0.446 e. The number of hydrogen-bond acceptors (Lipinski definition) is 8. The van der Waals surface area contributed by atoms with E-state index in [2.05, 4.69) is 15.1 Å². The van der Waals surface area contributed by atoms with E-state index in [4.69, 9.17) is 15.0 Å². The van der Waals surface area contributed by atoms with Crippen LogP contribution in [0.3, 0.4) is 0 Å². The van der Waals surface area contributed by atoms with Gasteiger partial charge in [-0.3, -0.25) is 14.7 Å². The Morgan fingerprint density at radius 3 is 2.72 bits per heavy atom. The van der Waals surface area contributed by atoms with Crippen LogP contribution in [0, 0.1) is 6.92 Å². The highest BCUT2D eigenvalue weighted by Gasteiger charge is 2.34. The van der Waals surface area contributed by atoms with E-state index < -0.39 is 6.09 Å². The standard InChI is InChI=1S/C22H28N6O4/c1-13(2)31-22(30)27-12-14(3)28(16(5)29)19-7-6-17(8-20(19)27)18(9-23)10-24-11-21-25-15(4)32-26-21/h6-10,13-14H,11-12,23H2,1-5H3/t14-/m0/s1. The van der Waals surface area contributed by atoms with Crippen LogP contribution in [-0.4, -0.2) is 47.0 Å². The van der Waals surface area contributed by atoms with E-state index in [0.717, 1.165) is 5.56 Å². The molecule has 1 aromatic heterocycles. The lowest BCUT2D eigenvalue weighted by molar-refractivity contribution is -0.117. The Bertz CT molecular complexity index is 1060. The topological polar surface area (TPSA) is 127 Å². The number of aryl methyl sites for hydroxylation is 1. The number of ether oxygens (including phenoxy) is 1. The number of allylic oxidation sites excluding steroid dienone is 1. The van der Waals surface area contributed by atoms with E-state index in [1.54, 1.807) is 42.9 Å². The van der Waals surface area contributed by atoms with Crippen LogP contribution in [0.15, 0.2) is 33.9 Å². The lowest BCUT2D eigenvalue weighted by atomic mass is 10.0. The summed E-state index contributed by atoms with van der Waals surface area (Å²) in [5.41, 5.74) is 8.43. The molecule has 0 unspecified atom stereocenters. The molecule has 10 nitrogen and oxygen atoms in total. The van der Waals surface area contributed by atoms with E-state index in [0.29, 0.717) is 35.2 Å². The van der Waals surface area contributed by atoms with Gasteiger partial charge in [0.25, 0.3) is 0 Å². The average Bonchev–Trinajstić information content (AvgIpc) is 3.14. The molecule has 32 heavy (non-hydrogen) atoms. The maximum absolute atomic E-state index is 12.8. The first-order valence-corrected chi connectivity index (χ1v) is 10.3. The summed E-state index contributed by atoms with van der Waals surface area (Å²) in [4.78, 5) is 36.8. The minimum atomic E-state index is -0.465. The second-order valence-electron chi connectivity index (χ2n) is 7.81. The van der Waals surface area contributed by atoms with E-state index >= 15 is 0 Å². The molecule has 2 amide bonds. The minimum absolute atomic E-state index is 0.102. The summed E-state index contributed by atoms with van der Waals surface area (Å²) >= 11 is 0. The third kappa shape index (κ3) is 4.96. The Hall–Kier alpha value is -3.69. The fourth-order valence-electron chi connectivity index (χ4n) is 3.57. The summed E-state index contributed by atoms with van der Waals surface area (Å²) in [6.45, 7) is 9.25. The van der Waals surface area contributed by atoms with Crippen LogP contribution >= 0.6 is 0 Å². The number of rotatable bonds is 5. The highest BCUT2D eigenvalue weighted by molar-refractivity contribution is 6.11. The summed E-state index contributed by atoms with van der Waals surface area (Å²) in [7, 11) is 0. The first-order chi connectivity index (χ1) is 15.2. The predicted octanol–water partition coefficient (Wildman–Crippen LogP) is 3.06. The van der Waals surface area contributed by atoms with Gasteiger partial charge in [0.1, 0.15) is 6.54 Å². The highest BCUT2D eigenvalue weighted by Crippen LogP contribution is 2.38. The van der Waals surface area contributed by atoms with Gasteiger partial charge in [-0.15, -0.1) is 0 Å². The van der Waals surface area contributed by atoms with Crippen LogP contribution in [0.25, 0.3) is 5.57 Å². The Balaban J connectivity index is 1.95. The number of nitrogens with zero attached hydrogens (tertiary/aromatic N) is 5. The molecule has 0 aliphatic carbocycles. The van der Waals surface area contributed by atoms with Crippen LogP contribution in [0.2, 0.25) is 0 Å². The van der Waals surface area contributed by atoms with Crippen LogP contribution in [0.5, 0.6) is 0 Å². The van der Waals surface area contributed by atoms with Gasteiger partial charge in [0.15, 0.2) is 5.82 Å². The molecule has 170 valence electrons. The molecule has 1 atom stereocenters. The van der Waals surface area contributed by atoms with Gasteiger partial charge in [0, 0.05) is 38.4 Å². The van der Waals surface area contributed by atoms with Crippen molar-refractivity contribution < 1.29 is 18.8 Å². The number of hydrogen-bond donors (Lipinski definition) is 1. The first kappa shape index (κ1) is 23.0. The van der Waals surface area contributed by atoms with Crippen LogP contribution in [0.4, 0.5) is 16.2 Å². The summed E-state index contributed by atoms with van der Waals surface area (Å²) in [6.07, 6.45) is 2.30. The van der Waals surface area contributed by atoms with E-state index in [1.165, 1.54) is 13.1 Å². The van der Waals surface area contributed by atoms with Crippen molar-refractivity contribution in [2.24, 2.45) is 10.7 Å². The van der Waals surface area contributed by atoms with Gasteiger partial charge in [-0.25, -0.2) is 4.79 Å². The molecule has 0 saturated carbocycles. The Kier molecular flexibility index (Phi) is 6.92. The van der Waals surface area contributed by atoms with Crippen LogP contribution in [0.1, 0.15) is 45.0 Å². The molecule has 3 rings (SSSR count). The third-order valence-corrected chi connectivity index (χ3v) is 4.86. The van der Waals surface area contributed by atoms with Crippen molar-refractivity contribution in [3.05, 3.63) is 41.7 Å². The second kappa shape index (κ2) is 9.63. The number of fused-ring (bicyclic) bond motifs is 1. The first-order valence-electron chi connectivity index (χ1n) is 10.3. The summed E-state index contributed by atoms with van der Waals surface area (Å²) in [5.74, 6) is 0.835. The number of aliphatic imine (C=N–C) groups is 1. The number of benzene rings is 1. The third-order valence-electron chi connectivity index (χ3n) is 4.86. The summed E-state index contributed by atoms with van der Waals surface area (Å²) < 4.78 is 10.4. The van der Waals surface area contributed by atoms with Gasteiger partial charge >= 0.3 is 6.09 Å². The maximum Gasteiger partial charge on any atom is 0.414 e. The fraction of sp³-hybridized carbons (Fsp3) is 0.409. The molecule has 1 aliphatic rings. The van der Waals surface area contributed by atoms with Gasteiger partial charge < -0.3 is 19.9 Å². The number of amides is 2. The zero-order chi connectivity index (χ0) is 23.4. The van der Waals surface area contributed by atoms with Crippen LogP contribution < -0.4 is 15.5 Å². The molecule has 1 aliphatic heterocycles. The van der Waals surface area contributed by atoms with Crippen LogP contribution in [-0.2, 0) is 16.1 Å². The van der Waals surface area contributed by atoms with Crippen molar-refractivity contribution in [1.29, 1.82) is 0 Å². The molecule has 0 spiro atoms. The molecule has 0 fully saturated rings.